The molecule has 0 aromatic heterocycles. The monoisotopic (exact) mass is 552 g/mol. The number of amides is 1. The van der Waals surface area contributed by atoms with Crippen LogP contribution in [0.2, 0.25) is 5.02 Å². The summed E-state index contributed by atoms with van der Waals surface area (Å²) < 4.78 is 45.9. The van der Waals surface area contributed by atoms with Gasteiger partial charge in [0.2, 0.25) is 10.0 Å². The maximum atomic E-state index is 13.0. The minimum atomic E-state index is -3.72. The molecule has 38 heavy (non-hydrogen) atoms. The fourth-order valence-corrected chi connectivity index (χ4v) is 4.82. The van der Waals surface area contributed by atoms with Crippen molar-refractivity contribution in [2.24, 2.45) is 0 Å². The molecule has 0 atom stereocenters. The van der Waals surface area contributed by atoms with Crippen molar-refractivity contribution in [2.45, 2.75) is 13.0 Å². The summed E-state index contributed by atoms with van der Waals surface area (Å²) in [7, 11) is -3.72. The SMILES string of the molecule is CS(=O)(=O)N(Cc1ccc(C(=O)NCCc2ccc(F)cc2)cc1)c1cc(Cl)ccc1Oc1ccccc1. The summed E-state index contributed by atoms with van der Waals surface area (Å²) in [6, 6.07) is 26.7. The molecule has 0 aliphatic rings. The molecule has 0 saturated heterocycles. The van der Waals surface area contributed by atoms with Crippen molar-refractivity contribution in [2.75, 3.05) is 17.1 Å². The maximum Gasteiger partial charge on any atom is 0.251 e. The Hall–Kier alpha value is -3.88. The number of hydrogen-bond donors (Lipinski definition) is 1. The van der Waals surface area contributed by atoms with Crippen LogP contribution in [0.3, 0.4) is 0 Å². The second-order valence-corrected chi connectivity index (χ2v) is 11.0. The fraction of sp³-hybridized carbons (Fsp3) is 0.138. The second kappa shape index (κ2) is 12.1. The molecule has 0 aliphatic heterocycles. The highest BCUT2D eigenvalue weighted by Gasteiger charge is 2.23. The Morgan fingerprint density at radius 2 is 1.58 bits per heavy atom. The first-order valence-electron chi connectivity index (χ1n) is 11.8. The molecule has 196 valence electrons. The maximum absolute atomic E-state index is 13.0. The molecule has 1 N–H and O–H groups in total. The number of carbonyl (C=O) groups excluding carboxylic acids is 1. The topological polar surface area (TPSA) is 75.7 Å². The van der Waals surface area contributed by atoms with Crippen molar-refractivity contribution in [1.82, 2.24) is 5.32 Å². The van der Waals surface area contributed by atoms with E-state index >= 15 is 0 Å². The number of rotatable bonds is 10. The van der Waals surface area contributed by atoms with Gasteiger partial charge >= 0.3 is 0 Å². The molecule has 0 unspecified atom stereocenters. The molecule has 0 saturated carbocycles. The van der Waals surface area contributed by atoms with E-state index in [0.29, 0.717) is 46.3 Å². The van der Waals surface area contributed by atoms with Crippen LogP contribution in [-0.4, -0.2) is 27.1 Å². The zero-order valence-corrected chi connectivity index (χ0v) is 22.2. The van der Waals surface area contributed by atoms with Gasteiger partial charge in [-0.3, -0.25) is 9.10 Å². The van der Waals surface area contributed by atoms with Gasteiger partial charge in [0, 0.05) is 17.1 Å². The molecule has 0 fully saturated rings. The van der Waals surface area contributed by atoms with E-state index in [2.05, 4.69) is 5.32 Å². The summed E-state index contributed by atoms with van der Waals surface area (Å²) in [5.74, 6) is 0.331. The smallest absolute Gasteiger partial charge is 0.251 e. The van der Waals surface area contributed by atoms with Crippen molar-refractivity contribution in [1.29, 1.82) is 0 Å². The second-order valence-electron chi connectivity index (χ2n) is 8.63. The van der Waals surface area contributed by atoms with Crippen molar-refractivity contribution in [3.8, 4) is 11.5 Å². The Kier molecular flexibility index (Phi) is 8.66. The number of nitrogens with one attached hydrogen (secondary N) is 1. The van der Waals surface area contributed by atoms with Gasteiger partial charge < -0.3 is 10.1 Å². The molecule has 4 aromatic carbocycles. The number of nitrogens with zero attached hydrogens (tertiary/aromatic N) is 1. The predicted molar refractivity (Wildman–Crippen MR) is 148 cm³/mol. The molecular formula is C29H26ClFN2O4S. The lowest BCUT2D eigenvalue weighted by molar-refractivity contribution is 0.0954. The van der Waals surface area contributed by atoms with Crippen LogP contribution in [0, 0.1) is 5.82 Å². The number of hydrogen-bond acceptors (Lipinski definition) is 4. The van der Waals surface area contributed by atoms with Gasteiger partial charge in [-0.05, 0) is 72.1 Å². The number of benzene rings is 4. The third-order valence-electron chi connectivity index (χ3n) is 5.72. The Morgan fingerprint density at radius 3 is 2.24 bits per heavy atom. The van der Waals surface area contributed by atoms with Crippen LogP contribution in [0.25, 0.3) is 0 Å². The molecule has 0 spiro atoms. The standard InChI is InChI=1S/C29H26ClFN2O4S/c1-38(35,36)33(27-19-24(30)13-16-28(27)37-26-5-3-2-4-6-26)20-22-7-11-23(12-8-22)29(34)32-18-17-21-9-14-25(31)15-10-21/h2-16,19H,17-18,20H2,1H3,(H,32,34). The lowest BCUT2D eigenvalue weighted by Gasteiger charge is -2.25. The quantitative estimate of drug-likeness (QED) is 0.254. The molecule has 9 heteroatoms. The predicted octanol–water partition coefficient (Wildman–Crippen LogP) is 6.21. The van der Waals surface area contributed by atoms with Crippen LogP contribution in [0.4, 0.5) is 10.1 Å². The molecule has 0 radical (unpaired) electrons. The largest absolute Gasteiger partial charge is 0.455 e. The van der Waals surface area contributed by atoms with Gasteiger partial charge in [0.15, 0.2) is 5.75 Å². The van der Waals surface area contributed by atoms with Crippen LogP contribution < -0.4 is 14.4 Å². The lowest BCUT2D eigenvalue weighted by Crippen LogP contribution is -2.30. The highest BCUT2D eigenvalue weighted by atomic mass is 35.5. The number of sulfonamides is 1. The number of halogens is 2. The highest BCUT2D eigenvalue weighted by molar-refractivity contribution is 7.92. The van der Waals surface area contributed by atoms with Crippen LogP contribution in [0.5, 0.6) is 11.5 Å². The Morgan fingerprint density at radius 1 is 0.921 bits per heavy atom. The molecule has 6 nitrogen and oxygen atoms in total. The summed E-state index contributed by atoms with van der Waals surface area (Å²) in [6.45, 7) is 0.407. The van der Waals surface area contributed by atoms with Crippen molar-refractivity contribution in [3.63, 3.8) is 0 Å². The summed E-state index contributed by atoms with van der Waals surface area (Å²) >= 11 is 6.22. The normalized spacial score (nSPS) is 11.1. The van der Waals surface area contributed by atoms with E-state index in [1.54, 1.807) is 66.7 Å². The Balaban J connectivity index is 1.47. The average Bonchev–Trinajstić information content (AvgIpc) is 2.90. The molecule has 0 heterocycles. The highest BCUT2D eigenvalue weighted by Crippen LogP contribution is 2.36. The molecule has 1 amide bonds. The number of carbonyl (C=O) groups is 1. The van der Waals surface area contributed by atoms with Crippen LogP contribution >= 0.6 is 11.6 Å². The summed E-state index contributed by atoms with van der Waals surface area (Å²) in [5, 5.41) is 3.20. The van der Waals surface area contributed by atoms with Gasteiger partial charge in [0.25, 0.3) is 5.91 Å². The zero-order chi connectivity index (χ0) is 27.1. The number of anilines is 1. The van der Waals surface area contributed by atoms with Gasteiger partial charge in [-0.2, -0.15) is 0 Å². The molecule has 4 rings (SSSR count). The fourth-order valence-electron chi connectivity index (χ4n) is 3.77. The Bertz CT molecular complexity index is 1500. The third-order valence-corrected chi connectivity index (χ3v) is 7.08. The van der Waals surface area contributed by atoms with E-state index in [0.717, 1.165) is 11.8 Å². The van der Waals surface area contributed by atoms with Gasteiger partial charge in [-0.15, -0.1) is 0 Å². The van der Waals surface area contributed by atoms with Crippen molar-refractivity contribution >= 4 is 33.2 Å². The van der Waals surface area contributed by atoms with E-state index < -0.39 is 10.0 Å². The minimum absolute atomic E-state index is 0.0107. The van der Waals surface area contributed by atoms with Crippen molar-refractivity contribution in [3.05, 3.63) is 125 Å². The number of ether oxygens (including phenoxy) is 1. The van der Waals surface area contributed by atoms with Crippen LogP contribution in [0.1, 0.15) is 21.5 Å². The third kappa shape index (κ3) is 7.34. The summed E-state index contributed by atoms with van der Waals surface area (Å²) in [6.07, 6.45) is 1.68. The van der Waals surface area contributed by atoms with Gasteiger partial charge in [0.05, 0.1) is 18.5 Å². The first kappa shape index (κ1) is 27.2. The van der Waals surface area contributed by atoms with E-state index in [1.165, 1.54) is 16.4 Å². The van der Waals surface area contributed by atoms with E-state index in [-0.39, 0.29) is 18.3 Å². The Labute approximate surface area is 226 Å². The van der Waals surface area contributed by atoms with Gasteiger partial charge in [-0.25, -0.2) is 12.8 Å². The summed E-state index contributed by atoms with van der Waals surface area (Å²) in [5.41, 5.74) is 2.32. The van der Waals surface area contributed by atoms with Gasteiger partial charge in [0.1, 0.15) is 11.6 Å². The first-order chi connectivity index (χ1) is 18.2. The minimum Gasteiger partial charge on any atom is -0.455 e. The van der Waals surface area contributed by atoms with E-state index in [4.69, 9.17) is 16.3 Å². The molecular weight excluding hydrogens is 527 g/mol. The van der Waals surface area contributed by atoms with Crippen LogP contribution in [-0.2, 0) is 23.0 Å². The van der Waals surface area contributed by atoms with Crippen molar-refractivity contribution < 1.29 is 22.3 Å². The van der Waals surface area contributed by atoms with E-state index in [9.17, 15) is 17.6 Å². The molecule has 0 bridgehead atoms. The van der Waals surface area contributed by atoms with Crippen LogP contribution in [0.15, 0.2) is 97.1 Å². The lowest BCUT2D eigenvalue weighted by atomic mass is 10.1. The first-order valence-corrected chi connectivity index (χ1v) is 14.0. The number of para-hydroxylation sites is 1. The molecule has 4 aromatic rings. The van der Waals surface area contributed by atoms with Gasteiger partial charge in [-0.1, -0.05) is 54.1 Å². The van der Waals surface area contributed by atoms with E-state index in [1.807, 2.05) is 18.2 Å². The molecule has 0 aliphatic carbocycles. The summed E-state index contributed by atoms with van der Waals surface area (Å²) in [4.78, 5) is 12.6. The average molecular weight is 553 g/mol. The zero-order valence-electron chi connectivity index (χ0n) is 20.6.